The first kappa shape index (κ1) is 15.1. The molecule has 0 bridgehead atoms. The van der Waals surface area contributed by atoms with E-state index in [9.17, 15) is 9.90 Å². The van der Waals surface area contributed by atoms with Crippen molar-refractivity contribution in [1.82, 2.24) is 5.32 Å². The third-order valence-electron chi connectivity index (χ3n) is 3.79. The number of amides is 1. The molecule has 110 valence electrons. The van der Waals surface area contributed by atoms with Gasteiger partial charge in [0.05, 0.1) is 19.6 Å². The van der Waals surface area contributed by atoms with Crippen LogP contribution in [0.2, 0.25) is 5.02 Å². The summed E-state index contributed by atoms with van der Waals surface area (Å²) >= 11 is 6.10. The monoisotopic (exact) mass is 297 g/mol. The molecule has 0 radical (unpaired) electrons. The van der Waals surface area contributed by atoms with Crippen molar-refractivity contribution in [3.8, 4) is 5.75 Å². The third-order valence-corrected chi connectivity index (χ3v) is 4.14. The Morgan fingerprint density at radius 1 is 1.50 bits per heavy atom. The molecule has 2 rings (SSSR count). The molecule has 0 saturated heterocycles. The molecule has 4 nitrogen and oxygen atoms in total. The van der Waals surface area contributed by atoms with Crippen LogP contribution in [0.25, 0.3) is 0 Å². The highest BCUT2D eigenvalue weighted by atomic mass is 35.5. The van der Waals surface area contributed by atoms with E-state index < -0.39 is 0 Å². The number of methoxy groups -OCH3 is 1. The van der Waals surface area contributed by atoms with Gasteiger partial charge in [0.25, 0.3) is 0 Å². The Labute approximate surface area is 124 Å². The van der Waals surface area contributed by atoms with Gasteiger partial charge in [-0.15, -0.1) is 0 Å². The van der Waals surface area contributed by atoms with Crippen molar-refractivity contribution in [2.45, 2.75) is 31.8 Å². The predicted octanol–water partition coefficient (Wildman–Crippen LogP) is 2.17. The highest BCUT2D eigenvalue weighted by molar-refractivity contribution is 6.31. The van der Waals surface area contributed by atoms with Crippen molar-refractivity contribution in [2.24, 2.45) is 5.92 Å². The predicted molar refractivity (Wildman–Crippen MR) is 78.1 cm³/mol. The van der Waals surface area contributed by atoms with E-state index in [1.165, 1.54) is 0 Å². The summed E-state index contributed by atoms with van der Waals surface area (Å²) in [6, 6.07) is 5.28. The molecule has 0 spiro atoms. The van der Waals surface area contributed by atoms with Crippen LogP contribution in [-0.2, 0) is 11.2 Å². The number of halogens is 1. The SMILES string of the molecule is COc1ccc(CC(=O)NCC2CCCC2O)c(Cl)c1. The van der Waals surface area contributed by atoms with Crippen molar-refractivity contribution < 1.29 is 14.6 Å². The van der Waals surface area contributed by atoms with E-state index in [0.717, 1.165) is 24.8 Å². The lowest BCUT2D eigenvalue weighted by atomic mass is 10.1. The van der Waals surface area contributed by atoms with Crippen LogP contribution in [-0.4, -0.2) is 30.8 Å². The Hall–Kier alpha value is -1.26. The topological polar surface area (TPSA) is 58.6 Å². The second-order valence-corrected chi connectivity index (χ2v) is 5.60. The highest BCUT2D eigenvalue weighted by Gasteiger charge is 2.25. The van der Waals surface area contributed by atoms with Gasteiger partial charge < -0.3 is 15.2 Å². The zero-order chi connectivity index (χ0) is 14.5. The maximum Gasteiger partial charge on any atom is 0.224 e. The molecule has 5 heteroatoms. The summed E-state index contributed by atoms with van der Waals surface area (Å²) in [6.45, 7) is 0.535. The molecule has 1 saturated carbocycles. The summed E-state index contributed by atoms with van der Waals surface area (Å²) in [5.41, 5.74) is 0.775. The minimum atomic E-state index is -0.278. The number of benzene rings is 1. The standard InChI is InChI=1S/C15H20ClNO3/c1-20-12-6-5-10(13(16)8-12)7-15(19)17-9-11-3-2-4-14(11)18/h5-6,8,11,14,18H,2-4,7,9H2,1H3,(H,17,19). The Balaban J connectivity index is 1.85. The van der Waals surface area contributed by atoms with Gasteiger partial charge in [-0.3, -0.25) is 4.79 Å². The molecular weight excluding hydrogens is 278 g/mol. The number of hydrogen-bond donors (Lipinski definition) is 2. The van der Waals surface area contributed by atoms with E-state index in [-0.39, 0.29) is 24.3 Å². The van der Waals surface area contributed by atoms with Crippen molar-refractivity contribution in [3.63, 3.8) is 0 Å². The van der Waals surface area contributed by atoms with Crippen molar-refractivity contribution >= 4 is 17.5 Å². The van der Waals surface area contributed by atoms with Gasteiger partial charge in [0.2, 0.25) is 5.91 Å². The lowest BCUT2D eigenvalue weighted by Gasteiger charge is -2.15. The van der Waals surface area contributed by atoms with Crippen LogP contribution >= 0.6 is 11.6 Å². The summed E-state index contributed by atoms with van der Waals surface area (Å²) in [4.78, 5) is 11.9. The third kappa shape index (κ3) is 3.87. The van der Waals surface area contributed by atoms with Gasteiger partial charge in [-0.2, -0.15) is 0 Å². The maximum absolute atomic E-state index is 11.9. The molecule has 0 heterocycles. The lowest BCUT2D eigenvalue weighted by molar-refractivity contribution is -0.120. The fourth-order valence-corrected chi connectivity index (χ4v) is 2.77. The van der Waals surface area contributed by atoms with E-state index in [0.29, 0.717) is 17.3 Å². The van der Waals surface area contributed by atoms with Gasteiger partial charge in [0.1, 0.15) is 5.75 Å². The molecular formula is C15H20ClNO3. The van der Waals surface area contributed by atoms with E-state index >= 15 is 0 Å². The second kappa shape index (κ2) is 6.95. The minimum Gasteiger partial charge on any atom is -0.497 e. The average Bonchev–Trinajstić information content (AvgIpc) is 2.84. The molecule has 1 aromatic rings. The molecule has 1 aromatic carbocycles. The summed E-state index contributed by atoms with van der Waals surface area (Å²) in [5.74, 6) is 0.787. The van der Waals surface area contributed by atoms with Crippen LogP contribution in [0.1, 0.15) is 24.8 Å². The Kier molecular flexibility index (Phi) is 5.26. The molecule has 2 unspecified atom stereocenters. The van der Waals surface area contributed by atoms with E-state index in [4.69, 9.17) is 16.3 Å². The van der Waals surface area contributed by atoms with Crippen molar-refractivity contribution in [2.75, 3.05) is 13.7 Å². The molecule has 1 aliphatic carbocycles. The maximum atomic E-state index is 11.9. The van der Waals surface area contributed by atoms with Gasteiger partial charge in [-0.05, 0) is 30.5 Å². The van der Waals surface area contributed by atoms with Crippen LogP contribution in [0.15, 0.2) is 18.2 Å². The summed E-state index contributed by atoms with van der Waals surface area (Å²) in [6.07, 6.45) is 2.81. The van der Waals surface area contributed by atoms with Gasteiger partial charge in [-0.25, -0.2) is 0 Å². The van der Waals surface area contributed by atoms with Gasteiger partial charge in [0, 0.05) is 17.5 Å². The number of aliphatic hydroxyl groups excluding tert-OH is 1. The second-order valence-electron chi connectivity index (χ2n) is 5.20. The molecule has 2 atom stereocenters. The number of aliphatic hydroxyl groups is 1. The fraction of sp³-hybridized carbons (Fsp3) is 0.533. The zero-order valence-corrected chi connectivity index (χ0v) is 12.3. The molecule has 20 heavy (non-hydrogen) atoms. The van der Waals surface area contributed by atoms with Crippen LogP contribution in [0.3, 0.4) is 0 Å². The van der Waals surface area contributed by atoms with Crippen LogP contribution in [0.4, 0.5) is 0 Å². The first-order valence-electron chi connectivity index (χ1n) is 6.87. The number of carbonyl (C=O) groups excluding carboxylic acids is 1. The largest absolute Gasteiger partial charge is 0.497 e. The van der Waals surface area contributed by atoms with Gasteiger partial charge >= 0.3 is 0 Å². The number of carbonyl (C=O) groups is 1. The minimum absolute atomic E-state index is 0.0730. The first-order valence-corrected chi connectivity index (χ1v) is 7.25. The number of ether oxygens (including phenoxy) is 1. The van der Waals surface area contributed by atoms with Gasteiger partial charge in [0.15, 0.2) is 0 Å². The summed E-state index contributed by atoms with van der Waals surface area (Å²) < 4.78 is 5.07. The van der Waals surface area contributed by atoms with Crippen LogP contribution in [0, 0.1) is 5.92 Å². The molecule has 1 fully saturated rings. The molecule has 0 aliphatic heterocycles. The van der Waals surface area contributed by atoms with Gasteiger partial charge in [-0.1, -0.05) is 24.1 Å². The Morgan fingerprint density at radius 2 is 2.30 bits per heavy atom. The smallest absolute Gasteiger partial charge is 0.224 e. The first-order chi connectivity index (χ1) is 9.60. The number of rotatable bonds is 5. The van der Waals surface area contributed by atoms with E-state index in [2.05, 4.69) is 5.32 Å². The molecule has 1 amide bonds. The lowest BCUT2D eigenvalue weighted by Crippen LogP contribution is -2.33. The van der Waals surface area contributed by atoms with Crippen LogP contribution in [0.5, 0.6) is 5.75 Å². The Bertz CT molecular complexity index is 478. The Morgan fingerprint density at radius 3 is 2.90 bits per heavy atom. The summed E-state index contributed by atoms with van der Waals surface area (Å²) in [7, 11) is 1.57. The van der Waals surface area contributed by atoms with Crippen molar-refractivity contribution in [1.29, 1.82) is 0 Å². The highest BCUT2D eigenvalue weighted by Crippen LogP contribution is 2.25. The normalized spacial score (nSPS) is 21.8. The molecule has 1 aliphatic rings. The van der Waals surface area contributed by atoms with E-state index in [1.54, 1.807) is 25.3 Å². The number of nitrogens with one attached hydrogen (secondary N) is 1. The molecule has 0 aromatic heterocycles. The summed E-state index contributed by atoms with van der Waals surface area (Å²) in [5, 5.41) is 13.1. The quantitative estimate of drug-likeness (QED) is 0.876. The van der Waals surface area contributed by atoms with E-state index in [1.807, 2.05) is 0 Å². The zero-order valence-electron chi connectivity index (χ0n) is 11.6. The molecule has 2 N–H and O–H groups in total. The average molecular weight is 298 g/mol. The number of hydrogen-bond acceptors (Lipinski definition) is 3. The van der Waals surface area contributed by atoms with Crippen molar-refractivity contribution in [3.05, 3.63) is 28.8 Å². The fourth-order valence-electron chi connectivity index (χ4n) is 2.53. The van der Waals surface area contributed by atoms with Crippen LogP contribution < -0.4 is 10.1 Å².